The van der Waals surface area contributed by atoms with Crippen LogP contribution in [-0.4, -0.2) is 58.9 Å². The molecule has 3 aliphatic carbocycles. The van der Waals surface area contributed by atoms with Crippen molar-refractivity contribution in [1.29, 1.82) is 0 Å². The highest BCUT2D eigenvalue weighted by atomic mass is 16.7. The maximum Gasteiger partial charge on any atom is 0.334 e. The van der Waals surface area contributed by atoms with E-state index in [9.17, 15) is 9.90 Å². The number of ether oxygens (including phenoxy) is 4. The Hall–Kier alpha value is -0.950. The van der Waals surface area contributed by atoms with Crippen LogP contribution in [0.1, 0.15) is 40.0 Å². The largest absolute Gasteiger partial charge is 0.458 e. The molecule has 3 saturated heterocycles. The van der Waals surface area contributed by atoms with E-state index in [2.05, 4.69) is 20.8 Å². The van der Waals surface area contributed by atoms with Crippen molar-refractivity contribution >= 4 is 5.97 Å². The van der Waals surface area contributed by atoms with Crippen molar-refractivity contribution in [2.24, 2.45) is 23.7 Å². The van der Waals surface area contributed by atoms with Crippen molar-refractivity contribution in [2.75, 3.05) is 6.61 Å². The molecule has 4 heterocycles. The smallest absolute Gasteiger partial charge is 0.334 e. The minimum Gasteiger partial charge on any atom is -0.458 e. The molecule has 0 aromatic carbocycles. The van der Waals surface area contributed by atoms with Gasteiger partial charge in [0.05, 0.1) is 6.10 Å². The number of aliphatic hydroxyl groups is 1. The zero-order valence-corrected chi connectivity index (χ0v) is 15.9. The van der Waals surface area contributed by atoms with E-state index in [0.717, 1.165) is 24.8 Å². The Balaban J connectivity index is 1.37. The lowest BCUT2D eigenvalue weighted by Crippen LogP contribution is -2.66. The first kappa shape index (κ1) is 15.9. The van der Waals surface area contributed by atoms with E-state index < -0.39 is 22.9 Å². The minimum absolute atomic E-state index is 0.00345. The Morgan fingerprint density at radius 2 is 1.96 bits per heavy atom. The molecule has 2 spiro atoms. The van der Waals surface area contributed by atoms with Gasteiger partial charge < -0.3 is 24.1 Å². The highest BCUT2D eigenvalue weighted by molar-refractivity contribution is 5.92. The molecule has 4 aliphatic heterocycles. The number of fused-ring (bicyclic) bond motifs is 4. The van der Waals surface area contributed by atoms with Crippen molar-refractivity contribution in [3.8, 4) is 0 Å². The van der Waals surface area contributed by atoms with E-state index in [-0.39, 0.29) is 42.0 Å². The number of carbonyl (C=O) groups excluding carboxylic acids is 1. The first-order valence-corrected chi connectivity index (χ1v) is 10.5. The zero-order chi connectivity index (χ0) is 18.5. The summed E-state index contributed by atoms with van der Waals surface area (Å²) < 4.78 is 24.5. The minimum atomic E-state index is -0.648. The van der Waals surface area contributed by atoms with Gasteiger partial charge in [-0.05, 0) is 42.6 Å². The summed E-state index contributed by atoms with van der Waals surface area (Å²) in [6.45, 7) is 6.93. The number of aliphatic hydroxyl groups excluding tert-OH is 1. The molecule has 27 heavy (non-hydrogen) atoms. The third kappa shape index (κ3) is 1.41. The molecule has 0 unspecified atom stereocenters. The summed E-state index contributed by atoms with van der Waals surface area (Å²) in [4.78, 5) is 12.2. The molecule has 0 radical (unpaired) electrons. The van der Waals surface area contributed by atoms with Gasteiger partial charge in [-0.25, -0.2) is 4.79 Å². The second kappa shape index (κ2) is 4.30. The SMILES string of the molecule is CC(C)[C@]12O[C@H]1[C@@H]1O[C@@]13[C@@H]1[C@H](C)CCC4=C(COC4=O)[C@@H]1C[C@@H]1O[C@@]13[C@@H]2O. The molecule has 7 aliphatic rings. The normalized spacial score (nSPS) is 61.7. The fourth-order valence-electron chi connectivity index (χ4n) is 7.80. The molecular weight excluding hydrogens is 348 g/mol. The fourth-order valence-corrected chi connectivity index (χ4v) is 7.80. The second-order valence-corrected chi connectivity index (χ2v) is 10.1. The van der Waals surface area contributed by atoms with E-state index in [4.69, 9.17) is 18.9 Å². The monoisotopic (exact) mass is 374 g/mol. The van der Waals surface area contributed by atoms with Crippen molar-refractivity contribution < 1.29 is 28.8 Å². The summed E-state index contributed by atoms with van der Waals surface area (Å²) in [5, 5.41) is 11.5. The van der Waals surface area contributed by atoms with Crippen LogP contribution >= 0.6 is 0 Å². The maximum atomic E-state index is 12.2. The fraction of sp³-hybridized carbons (Fsp3) is 0.857. The lowest BCUT2D eigenvalue weighted by molar-refractivity contribution is -0.136. The van der Waals surface area contributed by atoms with Gasteiger partial charge in [-0.3, -0.25) is 0 Å². The summed E-state index contributed by atoms with van der Waals surface area (Å²) in [6, 6.07) is 0. The average Bonchev–Trinajstić information content (AvgIpc) is 3.51. The van der Waals surface area contributed by atoms with Gasteiger partial charge in [0.15, 0.2) is 5.60 Å². The highest BCUT2D eigenvalue weighted by Gasteiger charge is 2.98. The summed E-state index contributed by atoms with van der Waals surface area (Å²) in [5.41, 5.74) is 0.462. The standard InChI is InChI=1S/C21H26O6/c1-8(2)19-15(26-19)16-21(27-16)14-9(3)4-5-10-12(7-24-17(10)22)11(14)6-13-20(21,25-13)18(19)23/h8-9,11,13-16,18,23H,4-7H2,1-3H3/t9-,11+,13+,14-,15+,16+,18-,19+,20-,21+/m1/s1. The van der Waals surface area contributed by atoms with Crippen molar-refractivity contribution in [3.63, 3.8) is 0 Å². The third-order valence-corrected chi connectivity index (χ3v) is 9.09. The molecule has 0 bridgehead atoms. The topological polar surface area (TPSA) is 84.1 Å². The Morgan fingerprint density at radius 3 is 2.74 bits per heavy atom. The Kier molecular flexibility index (Phi) is 2.53. The number of hydrogen-bond donors (Lipinski definition) is 1. The highest BCUT2D eigenvalue weighted by Crippen LogP contribution is 2.79. The molecule has 146 valence electrons. The molecule has 10 atom stereocenters. The summed E-state index contributed by atoms with van der Waals surface area (Å²) in [7, 11) is 0. The molecular formula is C21H26O6. The van der Waals surface area contributed by atoms with Crippen molar-refractivity contribution in [3.05, 3.63) is 11.1 Å². The van der Waals surface area contributed by atoms with Crippen molar-refractivity contribution in [1.82, 2.24) is 0 Å². The van der Waals surface area contributed by atoms with Crippen LogP contribution in [0.3, 0.4) is 0 Å². The first-order chi connectivity index (χ1) is 12.9. The Labute approximate surface area is 158 Å². The third-order valence-electron chi connectivity index (χ3n) is 9.09. The van der Waals surface area contributed by atoms with Gasteiger partial charge in [0.25, 0.3) is 0 Å². The molecule has 1 N–H and O–H groups in total. The van der Waals surface area contributed by atoms with E-state index in [0.29, 0.717) is 12.5 Å². The number of hydrogen-bond acceptors (Lipinski definition) is 6. The maximum absolute atomic E-state index is 12.2. The van der Waals surface area contributed by atoms with Crippen LogP contribution in [0.5, 0.6) is 0 Å². The van der Waals surface area contributed by atoms with E-state index >= 15 is 0 Å². The predicted octanol–water partition coefficient (Wildman–Crippen LogP) is 1.35. The lowest BCUT2D eigenvalue weighted by Gasteiger charge is -2.46. The van der Waals surface area contributed by atoms with E-state index in [1.807, 2.05) is 0 Å². The molecule has 0 amide bonds. The molecule has 6 heteroatoms. The first-order valence-electron chi connectivity index (χ1n) is 10.5. The van der Waals surface area contributed by atoms with Gasteiger partial charge in [-0.2, -0.15) is 0 Å². The molecule has 5 fully saturated rings. The predicted molar refractivity (Wildman–Crippen MR) is 91.6 cm³/mol. The number of carbonyl (C=O) groups is 1. The number of rotatable bonds is 1. The number of esters is 1. The van der Waals surface area contributed by atoms with Crippen LogP contribution < -0.4 is 0 Å². The molecule has 0 aromatic heterocycles. The second-order valence-electron chi connectivity index (χ2n) is 10.1. The van der Waals surface area contributed by atoms with Gasteiger partial charge in [0.1, 0.15) is 36.1 Å². The van der Waals surface area contributed by atoms with Crippen LogP contribution in [0, 0.1) is 23.7 Å². The Morgan fingerprint density at radius 1 is 1.15 bits per heavy atom. The lowest BCUT2D eigenvalue weighted by atomic mass is 9.53. The Bertz CT molecular complexity index is 819. The summed E-state index contributed by atoms with van der Waals surface area (Å²) >= 11 is 0. The van der Waals surface area contributed by atoms with Crippen LogP contribution in [0.15, 0.2) is 11.1 Å². The number of cyclic esters (lactones) is 1. The number of epoxide rings is 3. The van der Waals surface area contributed by atoms with Gasteiger partial charge >= 0.3 is 5.97 Å². The van der Waals surface area contributed by atoms with Crippen LogP contribution in [0.4, 0.5) is 0 Å². The van der Waals surface area contributed by atoms with Crippen molar-refractivity contribution in [2.45, 2.75) is 81.3 Å². The van der Waals surface area contributed by atoms with Crippen LogP contribution in [-0.2, 0) is 23.7 Å². The van der Waals surface area contributed by atoms with E-state index in [1.54, 1.807) is 0 Å². The van der Waals surface area contributed by atoms with Gasteiger partial charge in [-0.15, -0.1) is 0 Å². The average molecular weight is 374 g/mol. The van der Waals surface area contributed by atoms with Gasteiger partial charge in [-0.1, -0.05) is 20.8 Å². The molecule has 6 nitrogen and oxygen atoms in total. The molecule has 2 saturated carbocycles. The zero-order valence-electron chi connectivity index (χ0n) is 15.9. The van der Waals surface area contributed by atoms with Crippen LogP contribution in [0.25, 0.3) is 0 Å². The summed E-state index contributed by atoms with van der Waals surface area (Å²) in [6.07, 6.45) is 1.89. The van der Waals surface area contributed by atoms with Gasteiger partial charge in [0, 0.05) is 11.5 Å². The van der Waals surface area contributed by atoms with Crippen LogP contribution in [0.2, 0.25) is 0 Å². The van der Waals surface area contributed by atoms with E-state index in [1.165, 1.54) is 5.57 Å². The summed E-state index contributed by atoms with van der Waals surface area (Å²) in [5.74, 6) is 0.973. The quantitative estimate of drug-likeness (QED) is 0.551. The van der Waals surface area contributed by atoms with Gasteiger partial charge in [0.2, 0.25) is 0 Å². The molecule has 7 rings (SSSR count). The molecule has 0 aromatic rings.